The summed E-state index contributed by atoms with van der Waals surface area (Å²) in [6.45, 7) is 3.24. The Balaban J connectivity index is 2.22. The van der Waals surface area contributed by atoms with Gasteiger partial charge in [0, 0.05) is 19.3 Å². The van der Waals surface area contributed by atoms with Gasteiger partial charge in [-0.05, 0) is 32.3 Å². The van der Waals surface area contributed by atoms with Gasteiger partial charge in [-0.15, -0.1) is 0 Å². The van der Waals surface area contributed by atoms with E-state index in [0.717, 1.165) is 19.4 Å². The van der Waals surface area contributed by atoms with E-state index in [2.05, 4.69) is 4.98 Å². The van der Waals surface area contributed by atoms with Crippen LogP contribution in [0.2, 0.25) is 5.02 Å². The average Bonchev–Trinajstić information content (AvgIpc) is 2.51. The first kappa shape index (κ1) is 14.1. The zero-order valence-electron chi connectivity index (χ0n) is 10.8. The van der Waals surface area contributed by atoms with Crippen molar-refractivity contribution in [2.45, 2.75) is 31.8 Å². The number of hydrogen-bond donors (Lipinski definition) is 2. The molecule has 2 N–H and O–H groups in total. The maximum Gasteiger partial charge on any atom is 0.337 e. The van der Waals surface area contributed by atoms with Crippen molar-refractivity contribution < 1.29 is 15.0 Å². The lowest BCUT2D eigenvalue weighted by Crippen LogP contribution is -2.28. The van der Waals surface area contributed by atoms with Crippen LogP contribution in [0.5, 0.6) is 0 Å². The van der Waals surface area contributed by atoms with Gasteiger partial charge in [0.05, 0.1) is 16.2 Å². The minimum Gasteiger partial charge on any atom is -0.478 e. The van der Waals surface area contributed by atoms with Gasteiger partial charge < -0.3 is 15.1 Å². The molecule has 1 saturated heterocycles. The third kappa shape index (κ3) is 3.36. The van der Waals surface area contributed by atoms with E-state index in [1.807, 2.05) is 11.8 Å². The van der Waals surface area contributed by atoms with Crippen LogP contribution >= 0.6 is 11.6 Å². The van der Waals surface area contributed by atoms with Crippen LogP contribution in [0.4, 0.5) is 5.82 Å². The van der Waals surface area contributed by atoms with Crippen molar-refractivity contribution >= 4 is 23.4 Å². The summed E-state index contributed by atoms with van der Waals surface area (Å²) >= 11 is 5.81. The number of aliphatic hydroxyl groups is 1. The Morgan fingerprint density at radius 1 is 1.47 bits per heavy atom. The van der Waals surface area contributed by atoms with Crippen LogP contribution in [0.1, 0.15) is 36.5 Å². The Morgan fingerprint density at radius 2 is 2.21 bits per heavy atom. The molecule has 0 aliphatic carbocycles. The van der Waals surface area contributed by atoms with E-state index in [9.17, 15) is 9.90 Å². The summed E-state index contributed by atoms with van der Waals surface area (Å²) in [6, 6.07) is 1.49. The molecule has 2 heterocycles. The van der Waals surface area contributed by atoms with Crippen LogP contribution in [0, 0.1) is 0 Å². The van der Waals surface area contributed by atoms with Crippen molar-refractivity contribution in [3.05, 3.63) is 22.8 Å². The molecule has 19 heavy (non-hydrogen) atoms. The second-order valence-electron chi connectivity index (χ2n) is 5.17. The van der Waals surface area contributed by atoms with Crippen LogP contribution in [-0.4, -0.2) is 39.9 Å². The largest absolute Gasteiger partial charge is 0.478 e. The van der Waals surface area contributed by atoms with Crippen molar-refractivity contribution in [3.8, 4) is 0 Å². The summed E-state index contributed by atoms with van der Waals surface area (Å²) < 4.78 is 0. The fourth-order valence-corrected chi connectivity index (χ4v) is 2.44. The van der Waals surface area contributed by atoms with E-state index < -0.39 is 11.6 Å². The third-order valence-corrected chi connectivity index (χ3v) is 3.76. The molecule has 2 rings (SSSR count). The molecular formula is C13H17ClN2O3. The normalized spacial score (nSPS) is 24.1. The van der Waals surface area contributed by atoms with Crippen LogP contribution < -0.4 is 4.90 Å². The number of halogens is 1. The predicted molar refractivity (Wildman–Crippen MR) is 72.9 cm³/mol. The number of nitrogens with zero attached hydrogens (tertiary/aromatic N) is 2. The maximum atomic E-state index is 11.1. The molecule has 0 saturated carbocycles. The van der Waals surface area contributed by atoms with Gasteiger partial charge in [0.15, 0.2) is 0 Å². The Hall–Kier alpha value is -1.33. The van der Waals surface area contributed by atoms with Crippen LogP contribution in [0.3, 0.4) is 0 Å². The molecule has 1 atom stereocenters. The zero-order valence-corrected chi connectivity index (χ0v) is 11.5. The standard InChI is InChI=1S/C13H17ClN2O3/c1-13(19)3-2-5-16(6-4-13)11-7-9(12(17)18)10(14)8-15-11/h7-8,19H,2-6H2,1H3,(H,17,18). The summed E-state index contributed by atoms with van der Waals surface area (Å²) in [5, 5.41) is 19.2. The van der Waals surface area contributed by atoms with E-state index in [4.69, 9.17) is 16.7 Å². The molecule has 5 nitrogen and oxygen atoms in total. The number of hydrogen-bond acceptors (Lipinski definition) is 4. The molecular weight excluding hydrogens is 268 g/mol. The molecule has 1 aliphatic heterocycles. The molecule has 1 fully saturated rings. The van der Waals surface area contributed by atoms with E-state index >= 15 is 0 Å². The number of carboxylic acids is 1. The highest BCUT2D eigenvalue weighted by Gasteiger charge is 2.26. The van der Waals surface area contributed by atoms with E-state index in [0.29, 0.717) is 18.8 Å². The molecule has 0 spiro atoms. The summed E-state index contributed by atoms with van der Waals surface area (Å²) in [7, 11) is 0. The fourth-order valence-electron chi connectivity index (χ4n) is 2.26. The van der Waals surface area contributed by atoms with Gasteiger partial charge in [-0.2, -0.15) is 0 Å². The Labute approximate surface area is 116 Å². The number of aromatic carboxylic acids is 1. The highest BCUT2D eigenvalue weighted by atomic mass is 35.5. The van der Waals surface area contributed by atoms with Crippen LogP contribution in [0.25, 0.3) is 0 Å². The second kappa shape index (κ2) is 5.35. The van der Waals surface area contributed by atoms with Gasteiger partial charge >= 0.3 is 5.97 Å². The lowest BCUT2D eigenvalue weighted by Gasteiger charge is -2.23. The monoisotopic (exact) mass is 284 g/mol. The SMILES string of the molecule is CC1(O)CCCN(c2cc(C(=O)O)c(Cl)cn2)CC1. The van der Waals surface area contributed by atoms with Gasteiger partial charge in [0.25, 0.3) is 0 Å². The van der Waals surface area contributed by atoms with Crippen molar-refractivity contribution in [1.29, 1.82) is 0 Å². The minimum atomic E-state index is -1.06. The lowest BCUT2D eigenvalue weighted by molar-refractivity contribution is 0.0481. The summed E-state index contributed by atoms with van der Waals surface area (Å²) in [4.78, 5) is 17.2. The van der Waals surface area contributed by atoms with E-state index in [-0.39, 0.29) is 10.6 Å². The first-order chi connectivity index (χ1) is 8.89. The van der Waals surface area contributed by atoms with Gasteiger partial charge in [0.2, 0.25) is 0 Å². The number of aromatic nitrogens is 1. The molecule has 1 aliphatic rings. The lowest BCUT2D eigenvalue weighted by atomic mass is 9.98. The molecule has 0 bridgehead atoms. The highest BCUT2D eigenvalue weighted by Crippen LogP contribution is 2.26. The first-order valence-electron chi connectivity index (χ1n) is 6.25. The molecule has 0 aromatic carbocycles. The van der Waals surface area contributed by atoms with Crippen molar-refractivity contribution in [2.75, 3.05) is 18.0 Å². The summed E-state index contributed by atoms with van der Waals surface area (Å²) in [5.74, 6) is -0.463. The number of carbonyl (C=O) groups is 1. The molecule has 104 valence electrons. The Bertz CT molecular complexity index is 491. The van der Waals surface area contributed by atoms with E-state index in [1.165, 1.54) is 12.3 Å². The highest BCUT2D eigenvalue weighted by molar-refractivity contribution is 6.33. The third-order valence-electron chi connectivity index (χ3n) is 3.46. The fraction of sp³-hybridized carbons (Fsp3) is 0.538. The van der Waals surface area contributed by atoms with Crippen LogP contribution in [-0.2, 0) is 0 Å². The zero-order chi connectivity index (χ0) is 14.0. The van der Waals surface area contributed by atoms with Gasteiger partial charge in [-0.1, -0.05) is 11.6 Å². The smallest absolute Gasteiger partial charge is 0.337 e. The number of carboxylic acid groups (broad SMARTS) is 1. The molecule has 1 aromatic rings. The second-order valence-corrected chi connectivity index (χ2v) is 5.57. The summed E-state index contributed by atoms with van der Waals surface area (Å²) in [6.07, 6.45) is 3.59. The molecule has 1 unspecified atom stereocenters. The maximum absolute atomic E-state index is 11.1. The first-order valence-corrected chi connectivity index (χ1v) is 6.63. The van der Waals surface area contributed by atoms with Crippen LogP contribution in [0.15, 0.2) is 12.3 Å². The topological polar surface area (TPSA) is 73.7 Å². The molecule has 1 aromatic heterocycles. The van der Waals surface area contributed by atoms with Gasteiger partial charge in [-0.3, -0.25) is 0 Å². The molecule has 0 radical (unpaired) electrons. The van der Waals surface area contributed by atoms with Gasteiger partial charge in [-0.25, -0.2) is 9.78 Å². The molecule has 6 heteroatoms. The van der Waals surface area contributed by atoms with E-state index in [1.54, 1.807) is 0 Å². The Morgan fingerprint density at radius 3 is 2.89 bits per heavy atom. The number of anilines is 1. The predicted octanol–water partition coefficient (Wildman–Crippen LogP) is 2.17. The van der Waals surface area contributed by atoms with Crippen molar-refractivity contribution in [2.24, 2.45) is 0 Å². The van der Waals surface area contributed by atoms with Crippen molar-refractivity contribution in [1.82, 2.24) is 4.98 Å². The van der Waals surface area contributed by atoms with Crippen molar-refractivity contribution in [3.63, 3.8) is 0 Å². The Kier molecular flexibility index (Phi) is 3.96. The molecule has 0 amide bonds. The average molecular weight is 285 g/mol. The quantitative estimate of drug-likeness (QED) is 0.871. The van der Waals surface area contributed by atoms with Gasteiger partial charge in [0.1, 0.15) is 5.82 Å². The number of pyridine rings is 1. The minimum absolute atomic E-state index is 0.0580. The number of rotatable bonds is 2. The summed E-state index contributed by atoms with van der Waals surface area (Å²) in [5.41, 5.74) is -0.598.